The lowest BCUT2D eigenvalue weighted by atomic mass is 10.3. The van der Waals surface area contributed by atoms with Crippen molar-refractivity contribution in [2.75, 3.05) is 7.05 Å². The van der Waals surface area contributed by atoms with E-state index in [1.807, 2.05) is 0 Å². The van der Waals surface area contributed by atoms with Gasteiger partial charge < -0.3 is 11.1 Å². The number of amides is 2. The van der Waals surface area contributed by atoms with Crippen LogP contribution in [0.4, 0.5) is 0 Å². The van der Waals surface area contributed by atoms with Gasteiger partial charge in [-0.3, -0.25) is 14.3 Å². The van der Waals surface area contributed by atoms with E-state index in [0.717, 1.165) is 12.8 Å². The van der Waals surface area contributed by atoms with Crippen LogP contribution in [0.2, 0.25) is 0 Å². The van der Waals surface area contributed by atoms with Crippen LogP contribution in [0.15, 0.2) is 6.07 Å². The number of carbonyl (C=O) groups excluding carboxylic acids is 2. The largest absolute Gasteiger partial charge is 0.364 e. The third-order valence-electron chi connectivity index (χ3n) is 2.34. The number of primary amides is 1. The summed E-state index contributed by atoms with van der Waals surface area (Å²) in [7, 11) is 1.52. The Morgan fingerprint density at radius 2 is 2.27 bits per heavy atom. The summed E-state index contributed by atoms with van der Waals surface area (Å²) in [5.41, 5.74) is 5.74. The summed E-state index contributed by atoms with van der Waals surface area (Å²) in [5, 5.41) is 6.52. The van der Waals surface area contributed by atoms with Crippen molar-refractivity contribution in [2.24, 2.45) is 5.73 Å². The summed E-state index contributed by atoms with van der Waals surface area (Å²) in [6.07, 6.45) is 1.96. The lowest BCUT2D eigenvalue weighted by Crippen LogP contribution is -2.18. The molecule has 1 aromatic rings. The molecule has 0 bridgehead atoms. The number of nitrogens with zero attached hydrogens (tertiary/aromatic N) is 2. The zero-order chi connectivity index (χ0) is 11.0. The van der Waals surface area contributed by atoms with Gasteiger partial charge in [0.05, 0.1) is 6.04 Å². The van der Waals surface area contributed by atoms with E-state index in [2.05, 4.69) is 10.4 Å². The SMILES string of the molecule is CNC(=O)c1cc(C(N)=O)n(C2CC2)n1. The molecule has 6 heteroatoms. The fraction of sp³-hybridized carbons (Fsp3) is 0.444. The van der Waals surface area contributed by atoms with Gasteiger partial charge in [0.2, 0.25) is 0 Å². The number of nitrogens with one attached hydrogen (secondary N) is 1. The maximum absolute atomic E-state index is 11.3. The minimum absolute atomic E-state index is 0.228. The molecule has 0 saturated heterocycles. The van der Waals surface area contributed by atoms with Crippen LogP contribution < -0.4 is 11.1 Å². The first-order valence-electron chi connectivity index (χ1n) is 4.75. The van der Waals surface area contributed by atoms with Crippen LogP contribution >= 0.6 is 0 Å². The van der Waals surface area contributed by atoms with E-state index < -0.39 is 5.91 Å². The van der Waals surface area contributed by atoms with Gasteiger partial charge in [-0.2, -0.15) is 5.10 Å². The van der Waals surface area contributed by atoms with Gasteiger partial charge in [0, 0.05) is 13.1 Å². The van der Waals surface area contributed by atoms with Crippen molar-refractivity contribution in [1.29, 1.82) is 0 Å². The smallest absolute Gasteiger partial charge is 0.271 e. The molecular weight excluding hydrogens is 196 g/mol. The molecular formula is C9H12N4O2. The Morgan fingerprint density at radius 1 is 1.60 bits per heavy atom. The minimum Gasteiger partial charge on any atom is -0.364 e. The second-order valence-corrected chi connectivity index (χ2v) is 3.53. The van der Waals surface area contributed by atoms with E-state index in [1.165, 1.54) is 13.1 Å². The maximum Gasteiger partial charge on any atom is 0.271 e. The Morgan fingerprint density at radius 3 is 2.73 bits per heavy atom. The molecule has 1 aliphatic carbocycles. The van der Waals surface area contributed by atoms with Crippen molar-refractivity contribution >= 4 is 11.8 Å². The fourth-order valence-corrected chi connectivity index (χ4v) is 1.41. The minimum atomic E-state index is -0.551. The van der Waals surface area contributed by atoms with Crippen LogP contribution in [0.5, 0.6) is 0 Å². The normalized spacial score (nSPS) is 15.0. The first-order chi connectivity index (χ1) is 7.13. The molecule has 0 unspecified atom stereocenters. The van der Waals surface area contributed by atoms with Gasteiger partial charge in [0.1, 0.15) is 5.69 Å². The van der Waals surface area contributed by atoms with Crippen LogP contribution in [-0.2, 0) is 0 Å². The number of nitrogens with two attached hydrogens (primary N) is 1. The highest BCUT2D eigenvalue weighted by Gasteiger charge is 2.29. The third kappa shape index (κ3) is 1.70. The number of aromatic nitrogens is 2. The zero-order valence-corrected chi connectivity index (χ0v) is 8.36. The van der Waals surface area contributed by atoms with E-state index in [9.17, 15) is 9.59 Å². The van der Waals surface area contributed by atoms with Gasteiger partial charge in [0.15, 0.2) is 5.69 Å². The highest BCUT2D eigenvalue weighted by atomic mass is 16.2. The Labute approximate surface area is 86.4 Å². The lowest BCUT2D eigenvalue weighted by molar-refractivity contribution is 0.0955. The standard InChI is InChI=1S/C9H12N4O2/c1-11-9(15)6-4-7(8(10)14)13(12-6)5-2-3-5/h4-5H,2-3H2,1H3,(H2,10,14)(H,11,15). The second kappa shape index (κ2) is 3.38. The van der Waals surface area contributed by atoms with Gasteiger partial charge in [-0.15, -0.1) is 0 Å². The molecule has 6 nitrogen and oxygen atoms in total. The second-order valence-electron chi connectivity index (χ2n) is 3.53. The Kier molecular flexibility index (Phi) is 2.18. The molecule has 1 aliphatic rings. The van der Waals surface area contributed by atoms with Crippen molar-refractivity contribution < 1.29 is 9.59 Å². The van der Waals surface area contributed by atoms with Gasteiger partial charge >= 0.3 is 0 Å². The highest BCUT2D eigenvalue weighted by molar-refractivity contribution is 5.97. The van der Waals surface area contributed by atoms with Crippen LogP contribution in [-0.4, -0.2) is 28.6 Å². The molecule has 3 N–H and O–H groups in total. The molecule has 2 rings (SSSR count). The molecule has 0 aromatic carbocycles. The van der Waals surface area contributed by atoms with E-state index in [4.69, 9.17) is 5.73 Å². The third-order valence-corrected chi connectivity index (χ3v) is 2.34. The van der Waals surface area contributed by atoms with Crippen molar-refractivity contribution in [3.8, 4) is 0 Å². The van der Waals surface area contributed by atoms with Gasteiger partial charge in [-0.1, -0.05) is 0 Å². The molecule has 15 heavy (non-hydrogen) atoms. The lowest BCUT2D eigenvalue weighted by Gasteiger charge is -2.00. The van der Waals surface area contributed by atoms with Crippen LogP contribution in [0.25, 0.3) is 0 Å². The summed E-state index contributed by atoms with van der Waals surface area (Å²) >= 11 is 0. The molecule has 80 valence electrons. The molecule has 1 saturated carbocycles. The molecule has 0 radical (unpaired) electrons. The topological polar surface area (TPSA) is 90.0 Å². The molecule has 0 aliphatic heterocycles. The predicted octanol–water partition coefficient (Wildman–Crippen LogP) is -0.324. The van der Waals surface area contributed by atoms with Gasteiger partial charge in [-0.25, -0.2) is 0 Å². The molecule has 0 spiro atoms. The quantitative estimate of drug-likeness (QED) is 0.713. The maximum atomic E-state index is 11.3. The molecule has 1 aromatic heterocycles. The number of rotatable bonds is 3. The first-order valence-corrected chi connectivity index (χ1v) is 4.75. The van der Waals surface area contributed by atoms with Crippen molar-refractivity contribution in [2.45, 2.75) is 18.9 Å². The van der Waals surface area contributed by atoms with Gasteiger partial charge in [0.25, 0.3) is 11.8 Å². The van der Waals surface area contributed by atoms with Crippen LogP contribution in [0.3, 0.4) is 0 Å². The Hall–Kier alpha value is -1.85. The molecule has 0 atom stereocenters. The Balaban J connectivity index is 2.39. The predicted molar refractivity (Wildman–Crippen MR) is 52.4 cm³/mol. The number of carbonyl (C=O) groups is 2. The zero-order valence-electron chi connectivity index (χ0n) is 8.36. The van der Waals surface area contributed by atoms with E-state index in [0.29, 0.717) is 5.69 Å². The Bertz CT molecular complexity index is 420. The average Bonchev–Trinajstić information content (AvgIpc) is 2.96. The number of hydrogen-bond donors (Lipinski definition) is 2. The molecule has 1 fully saturated rings. The van der Waals surface area contributed by atoms with Crippen molar-refractivity contribution in [1.82, 2.24) is 15.1 Å². The molecule has 1 heterocycles. The van der Waals surface area contributed by atoms with E-state index in [-0.39, 0.29) is 17.6 Å². The molecule has 2 amide bonds. The van der Waals surface area contributed by atoms with Crippen molar-refractivity contribution in [3.05, 3.63) is 17.5 Å². The van der Waals surface area contributed by atoms with E-state index in [1.54, 1.807) is 4.68 Å². The highest BCUT2D eigenvalue weighted by Crippen LogP contribution is 2.35. The fourth-order valence-electron chi connectivity index (χ4n) is 1.41. The summed E-state index contributed by atoms with van der Waals surface area (Å²) in [5.74, 6) is -0.860. The van der Waals surface area contributed by atoms with Crippen LogP contribution in [0, 0.1) is 0 Å². The monoisotopic (exact) mass is 208 g/mol. The number of hydrogen-bond acceptors (Lipinski definition) is 3. The van der Waals surface area contributed by atoms with Gasteiger partial charge in [-0.05, 0) is 12.8 Å². The van der Waals surface area contributed by atoms with E-state index >= 15 is 0 Å². The summed E-state index contributed by atoms with van der Waals surface area (Å²) in [6, 6.07) is 1.66. The summed E-state index contributed by atoms with van der Waals surface area (Å²) in [6.45, 7) is 0. The summed E-state index contributed by atoms with van der Waals surface area (Å²) in [4.78, 5) is 22.4. The summed E-state index contributed by atoms with van der Waals surface area (Å²) < 4.78 is 1.55. The van der Waals surface area contributed by atoms with Crippen LogP contribution in [0.1, 0.15) is 39.9 Å². The average molecular weight is 208 g/mol. The van der Waals surface area contributed by atoms with Crippen molar-refractivity contribution in [3.63, 3.8) is 0 Å². The first kappa shape index (κ1) is 9.70.